The molecule has 4 heteroatoms. The minimum Gasteiger partial charge on any atom is -0.480 e. The molecule has 1 atom stereocenters. The van der Waals surface area contributed by atoms with Crippen molar-refractivity contribution in [1.82, 2.24) is 5.32 Å². The Kier molecular flexibility index (Phi) is 6.06. The number of para-hydroxylation sites is 1. The molecule has 0 radical (unpaired) electrons. The molecule has 0 saturated carbocycles. The second-order valence-electron chi connectivity index (χ2n) is 4.44. The summed E-state index contributed by atoms with van der Waals surface area (Å²) in [7, 11) is 0. The third-order valence-electron chi connectivity index (χ3n) is 3.05. The van der Waals surface area contributed by atoms with Crippen LogP contribution in [-0.4, -0.2) is 24.3 Å². The normalized spacial score (nSPS) is 12.0. The summed E-state index contributed by atoms with van der Waals surface area (Å²) in [6.45, 7) is 5.74. The van der Waals surface area contributed by atoms with Gasteiger partial charge in [-0.2, -0.15) is 0 Å². The SMILES string of the molecule is CCC(CC)NC(=O)C(C)Oc1ccccc1C=O. The van der Waals surface area contributed by atoms with Crippen LogP contribution in [0.25, 0.3) is 0 Å². The Morgan fingerprint density at radius 1 is 1.32 bits per heavy atom. The maximum Gasteiger partial charge on any atom is 0.260 e. The lowest BCUT2D eigenvalue weighted by Crippen LogP contribution is -2.42. The number of hydrogen-bond donors (Lipinski definition) is 1. The molecule has 0 spiro atoms. The van der Waals surface area contributed by atoms with Crippen LogP contribution in [0, 0.1) is 0 Å². The van der Waals surface area contributed by atoms with Crippen LogP contribution in [0.5, 0.6) is 5.75 Å². The van der Waals surface area contributed by atoms with Gasteiger partial charge in [-0.05, 0) is 31.9 Å². The first-order valence-corrected chi connectivity index (χ1v) is 6.63. The largest absolute Gasteiger partial charge is 0.480 e. The maximum atomic E-state index is 12.0. The average Bonchev–Trinajstić information content (AvgIpc) is 2.44. The molecule has 1 aromatic carbocycles. The van der Waals surface area contributed by atoms with E-state index in [1.54, 1.807) is 31.2 Å². The van der Waals surface area contributed by atoms with Crippen LogP contribution < -0.4 is 10.1 Å². The number of carbonyl (C=O) groups excluding carboxylic acids is 2. The minimum atomic E-state index is -0.623. The van der Waals surface area contributed by atoms with E-state index < -0.39 is 6.10 Å². The van der Waals surface area contributed by atoms with Crippen molar-refractivity contribution in [2.75, 3.05) is 0 Å². The van der Waals surface area contributed by atoms with Gasteiger partial charge in [0.1, 0.15) is 5.75 Å². The molecule has 104 valence electrons. The highest BCUT2D eigenvalue weighted by molar-refractivity contribution is 5.82. The molecule has 1 unspecified atom stereocenters. The van der Waals surface area contributed by atoms with Gasteiger partial charge in [-0.25, -0.2) is 0 Å². The van der Waals surface area contributed by atoms with E-state index in [-0.39, 0.29) is 11.9 Å². The summed E-state index contributed by atoms with van der Waals surface area (Å²) in [6, 6.07) is 7.04. The first-order valence-electron chi connectivity index (χ1n) is 6.63. The van der Waals surface area contributed by atoms with Gasteiger partial charge in [-0.15, -0.1) is 0 Å². The van der Waals surface area contributed by atoms with Crippen molar-refractivity contribution >= 4 is 12.2 Å². The van der Waals surface area contributed by atoms with Gasteiger partial charge in [0.2, 0.25) is 0 Å². The Balaban J connectivity index is 2.66. The monoisotopic (exact) mass is 263 g/mol. The number of aldehydes is 1. The molecule has 0 aliphatic rings. The van der Waals surface area contributed by atoms with Gasteiger partial charge in [-0.1, -0.05) is 26.0 Å². The summed E-state index contributed by atoms with van der Waals surface area (Å²) in [5.74, 6) is 0.277. The van der Waals surface area contributed by atoms with Gasteiger partial charge < -0.3 is 10.1 Å². The molecule has 0 aliphatic carbocycles. The maximum absolute atomic E-state index is 12.0. The lowest BCUT2D eigenvalue weighted by atomic mass is 10.1. The molecule has 1 aromatic rings. The highest BCUT2D eigenvalue weighted by Crippen LogP contribution is 2.17. The number of hydrogen-bond acceptors (Lipinski definition) is 3. The van der Waals surface area contributed by atoms with E-state index in [1.807, 2.05) is 13.8 Å². The van der Waals surface area contributed by atoms with Crippen molar-refractivity contribution in [3.63, 3.8) is 0 Å². The van der Waals surface area contributed by atoms with Crippen LogP contribution in [-0.2, 0) is 4.79 Å². The zero-order valence-electron chi connectivity index (χ0n) is 11.7. The summed E-state index contributed by atoms with van der Waals surface area (Å²) in [5.41, 5.74) is 0.449. The topological polar surface area (TPSA) is 55.4 Å². The van der Waals surface area contributed by atoms with Crippen molar-refractivity contribution < 1.29 is 14.3 Å². The summed E-state index contributed by atoms with van der Waals surface area (Å²) in [5, 5.41) is 2.92. The van der Waals surface area contributed by atoms with Crippen molar-refractivity contribution in [1.29, 1.82) is 0 Å². The van der Waals surface area contributed by atoms with Gasteiger partial charge in [-0.3, -0.25) is 9.59 Å². The third-order valence-corrected chi connectivity index (χ3v) is 3.05. The number of amides is 1. The zero-order valence-corrected chi connectivity index (χ0v) is 11.7. The molecule has 0 aromatic heterocycles. The first-order chi connectivity index (χ1) is 9.12. The van der Waals surface area contributed by atoms with E-state index in [4.69, 9.17) is 4.74 Å². The molecular formula is C15H21NO3. The highest BCUT2D eigenvalue weighted by Gasteiger charge is 2.18. The second kappa shape index (κ2) is 7.56. The lowest BCUT2D eigenvalue weighted by Gasteiger charge is -2.20. The standard InChI is InChI=1S/C15H21NO3/c1-4-13(5-2)16-15(18)11(3)19-14-9-7-6-8-12(14)10-17/h6-11,13H,4-5H2,1-3H3,(H,16,18). The quantitative estimate of drug-likeness (QED) is 0.769. The van der Waals surface area contributed by atoms with Gasteiger partial charge in [0.15, 0.2) is 12.4 Å². The van der Waals surface area contributed by atoms with E-state index in [9.17, 15) is 9.59 Å². The number of nitrogens with one attached hydrogen (secondary N) is 1. The summed E-state index contributed by atoms with van der Waals surface area (Å²) >= 11 is 0. The Morgan fingerprint density at radius 3 is 2.53 bits per heavy atom. The fourth-order valence-corrected chi connectivity index (χ4v) is 1.74. The molecular weight excluding hydrogens is 242 g/mol. The van der Waals surface area contributed by atoms with Gasteiger partial charge in [0.05, 0.1) is 5.56 Å². The minimum absolute atomic E-state index is 0.158. The van der Waals surface area contributed by atoms with Crippen molar-refractivity contribution in [2.45, 2.75) is 45.8 Å². The number of carbonyl (C=O) groups is 2. The number of ether oxygens (including phenoxy) is 1. The Hall–Kier alpha value is -1.84. The van der Waals surface area contributed by atoms with E-state index in [2.05, 4.69) is 5.32 Å². The summed E-state index contributed by atoms with van der Waals surface area (Å²) < 4.78 is 5.54. The Bertz CT molecular complexity index is 427. The van der Waals surface area contributed by atoms with Crippen LogP contribution in [0.15, 0.2) is 24.3 Å². The van der Waals surface area contributed by atoms with Gasteiger partial charge in [0.25, 0.3) is 5.91 Å². The molecule has 1 N–H and O–H groups in total. The fourth-order valence-electron chi connectivity index (χ4n) is 1.74. The van der Waals surface area contributed by atoms with Crippen LogP contribution in [0.4, 0.5) is 0 Å². The summed E-state index contributed by atoms with van der Waals surface area (Å²) in [4.78, 5) is 22.8. The van der Waals surface area contributed by atoms with Crippen LogP contribution >= 0.6 is 0 Å². The van der Waals surface area contributed by atoms with Crippen LogP contribution in [0.3, 0.4) is 0 Å². The lowest BCUT2D eigenvalue weighted by molar-refractivity contribution is -0.128. The smallest absolute Gasteiger partial charge is 0.260 e. The predicted molar refractivity (Wildman–Crippen MR) is 74.4 cm³/mol. The molecule has 1 amide bonds. The molecule has 19 heavy (non-hydrogen) atoms. The number of rotatable bonds is 7. The molecule has 0 saturated heterocycles. The molecule has 1 rings (SSSR count). The summed E-state index contributed by atoms with van der Waals surface area (Å²) in [6.07, 6.45) is 1.88. The highest BCUT2D eigenvalue weighted by atomic mass is 16.5. The molecule has 0 aliphatic heterocycles. The molecule has 4 nitrogen and oxygen atoms in total. The molecule has 0 bridgehead atoms. The van der Waals surface area contributed by atoms with Crippen LogP contribution in [0.2, 0.25) is 0 Å². The third kappa shape index (κ3) is 4.39. The van der Waals surface area contributed by atoms with E-state index in [0.717, 1.165) is 19.1 Å². The number of benzene rings is 1. The van der Waals surface area contributed by atoms with E-state index >= 15 is 0 Å². The van der Waals surface area contributed by atoms with Gasteiger partial charge in [0, 0.05) is 6.04 Å². The first kappa shape index (κ1) is 15.2. The van der Waals surface area contributed by atoms with Gasteiger partial charge >= 0.3 is 0 Å². The van der Waals surface area contributed by atoms with Crippen molar-refractivity contribution in [3.05, 3.63) is 29.8 Å². The second-order valence-corrected chi connectivity index (χ2v) is 4.44. The molecule has 0 heterocycles. The average molecular weight is 263 g/mol. The van der Waals surface area contributed by atoms with Crippen molar-refractivity contribution in [2.24, 2.45) is 0 Å². The Morgan fingerprint density at radius 2 is 1.95 bits per heavy atom. The predicted octanol–water partition coefficient (Wildman–Crippen LogP) is 2.57. The van der Waals surface area contributed by atoms with Crippen LogP contribution in [0.1, 0.15) is 44.0 Å². The van der Waals surface area contributed by atoms with E-state index in [1.165, 1.54) is 0 Å². The fraction of sp³-hybridized carbons (Fsp3) is 0.467. The Labute approximate surface area is 114 Å². The zero-order chi connectivity index (χ0) is 14.3. The van der Waals surface area contributed by atoms with Crippen molar-refractivity contribution in [3.8, 4) is 5.75 Å². The van der Waals surface area contributed by atoms with E-state index in [0.29, 0.717) is 11.3 Å². The molecule has 0 fully saturated rings.